The summed E-state index contributed by atoms with van der Waals surface area (Å²) < 4.78 is 6.09. The SMILES string of the molecule is CN1CC[C@]23c4c5ccc(O)c4O[C@H]2[C@@H](O)C=C[C@H]3[C@H]1C5.c1ccc2ccccc2c1. The van der Waals surface area contributed by atoms with Crippen molar-refractivity contribution in [2.24, 2.45) is 5.92 Å². The molecule has 2 aliphatic heterocycles. The molecule has 0 radical (unpaired) electrons. The fourth-order valence-corrected chi connectivity index (χ4v) is 6.37. The standard InChI is InChI=1S/C17H19NO3.C10H8/c1-18-7-6-17-10-3-5-13(20)16(17)21-15-12(19)4-2-9(14(15)17)8-11(10)18;1-2-6-10-8-4-3-7-9(10)5-1/h2-5,10-11,13,16,19-20H,6-8H2,1H3;1-8H/t10-,11+,13-,16-,17-;/m0./s1. The summed E-state index contributed by atoms with van der Waals surface area (Å²) in [6.07, 6.45) is 5.18. The highest BCUT2D eigenvalue weighted by atomic mass is 16.5. The Hall–Kier alpha value is -2.82. The fraction of sp³-hybridized carbons (Fsp3) is 0.333. The number of aliphatic hydroxyl groups excluding tert-OH is 1. The Morgan fingerprint density at radius 3 is 2.32 bits per heavy atom. The van der Waals surface area contributed by atoms with Crippen LogP contribution >= 0.6 is 0 Å². The molecule has 3 aromatic rings. The van der Waals surface area contributed by atoms with Gasteiger partial charge in [-0.2, -0.15) is 0 Å². The summed E-state index contributed by atoms with van der Waals surface area (Å²) in [4.78, 5) is 2.43. The van der Waals surface area contributed by atoms with Crippen LogP contribution in [0, 0.1) is 5.92 Å². The first-order valence-corrected chi connectivity index (χ1v) is 11.1. The van der Waals surface area contributed by atoms with Gasteiger partial charge >= 0.3 is 0 Å². The summed E-state index contributed by atoms with van der Waals surface area (Å²) in [6, 6.07) is 20.9. The van der Waals surface area contributed by atoms with Gasteiger partial charge < -0.3 is 19.8 Å². The van der Waals surface area contributed by atoms with Crippen LogP contribution in [0.5, 0.6) is 11.5 Å². The van der Waals surface area contributed by atoms with E-state index in [-0.39, 0.29) is 17.3 Å². The Labute approximate surface area is 182 Å². The zero-order valence-electron chi connectivity index (χ0n) is 17.6. The largest absolute Gasteiger partial charge is 0.504 e. The first kappa shape index (κ1) is 18.9. The normalized spacial score (nSPS) is 32.1. The minimum Gasteiger partial charge on any atom is -0.504 e. The molecule has 2 heterocycles. The molecule has 5 atom stereocenters. The van der Waals surface area contributed by atoms with E-state index in [0.717, 1.165) is 19.4 Å². The number of hydrogen-bond acceptors (Lipinski definition) is 4. The number of aromatic hydroxyl groups is 1. The van der Waals surface area contributed by atoms with Gasteiger partial charge in [0, 0.05) is 22.9 Å². The molecule has 2 N–H and O–H groups in total. The van der Waals surface area contributed by atoms with E-state index in [1.54, 1.807) is 6.07 Å². The van der Waals surface area contributed by atoms with E-state index >= 15 is 0 Å². The number of benzene rings is 3. The smallest absolute Gasteiger partial charge is 0.165 e. The number of aliphatic hydroxyl groups is 1. The van der Waals surface area contributed by atoms with Gasteiger partial charge in [0.25, 0.3) is 0 Å². The Kier molecular flexibility index (Phi) is 4.17. The quantitative estimate of drug-likeness (QED) is 0.546. The molecule has 2 aliphatic carbocycles. The molecule has 4 heteroatoms. The molecule has 0 saturated carbocycles. The van der Waals surface area contributed by atoms with E-state index in [1.165, 1.54) is 21.9 Å². The van der Waals surface area contributed by atoms with Gasteiger partial charge in [0.15, 0.2) is 11.5 Å². The van der Waals surface area contributed by atoms with Crippen molar-refractivity contribution in [2.75, 3.05) is 13.6 Å². The van der Waals surface area contributed by atoms with Crippen LogP contribution in [0.1, 0.15) is 17.5 Å². The maximum atomic E-state index is 10.4. The van der Waals surface area contributed by atoms with Crippen LogP contribution in [-0.4, -0.2) is 47.0 Å². The van der Waals surface area contributed by atoms with Crippen molar-refractivity contribution in [3.05, 3.63) is 83.9 Å². The van der Waals surface area contributed by atoms with Crippen LogP contribution in [0.2, 0.25) is 0 Å². The average Bonchev–Trinajstić information content (AvgIpc) is 3.16. The second kappa shape index (κ2) is 6.84. The Balaban J connectivity index is 0.000000156. The summed E-state index contributed by atoms with van der Waals surface area (Å²) in [5.41, 5.74) is 2.29. The number of rotatable bonds is 0. The third-order valence-electron chi connectivity index (χ3n) is 7.81. The van der Waals surface area contributed by atoms with Crippen molar-refractivity contribution in [3.8, 4) is 11.5 Å². The highest BCUT2D eigenvalue weighted by Gasteiger charge is 2.64. The topological polar surface area (TPSA) is 52.9 Å². The number of hydrogen-bond donors (Lipinski definition) is 2. The van der Waals surface area contributed by atoms with Crippen molar-refractivity contribution in [2.45, 2.75) is 36.5 Å². The van der Waals surface area contributed by atoms with Gasteiger partial charge in [-0.25, -0.2) is 0 Å². The zero-order valence-corrected chi connectivity index (χ0v) is 17.6. The molecule has 3 aromatic carbocycles. The first-order valence-electron chi connectivity index (χ1n) is 11.1. The van der Waals surface area contributed by atoms with Gasteiger partial charge in [0.1, 0.15) is 12.2 Å². The van der Waals surface area contributed by atoms with Gasteiger partial charge in [-0.05, 0) is 48.8 Å². The van der Waals surface area contributed by atoms with Crippen LogP contribution in [-0.2, 0) is 11.8 Å². The predicted octanol–water partition coefficient (Wildman–Crippen LogP) is 4.04. The zero-order chi connectivity index (χ0) is 21.2. The maximum Gasteiger partial charge on any atom is 0.165 e. The molecule has 7 rings (SSSR count). The number of phenolic OH excluding ortho intramolecular Hbond substituents is 1. The van der Waals surface area contributed by atoms with Crippen LogP contribution in [0.15, 0.2) is 72.8 Å². The lowest BCUT2D eigenvalue weighted by Gasteiger charge is -2.56. The third kappa shape index (κ3) is 2.61. The molecule has 4 aliphatic rings. The van der Waals surface area contributed by atoms with Crippen molar-refractivity contribution in [1.82, 2.24) is 4.90 Å². The molecule has 1 saturated heterocycles. The van der Waals surface area contributed by atoms with Gasteiger partial charge in [-0.1, -0.05) is 66.7 Å². The lowest BCUT2D eigenvalue weighted by Crippen LogP contribution is -2.64. The molecule has 0 unspecified atom stereocenters. The lowest BCUT2D eigenvalue weighted by atomic mass is 9.53. The molecule has 2 bridgehead atoms. The number of nitrogens with zero attached hydrogens (tertiary/aromatic N) is 1. The Morgan fingerprint density at radius 2 is 1.65 bits per heavy atom. The molecule has 31 heavy (non-hydrogen) atoms. The van der Waals surface area contributed by atoms with E-state index < -0.39 is 6.10 Å². The summed E-state index contributed by atoms with van der Waals surface area (Å²) in [5.74, 6) is 1.19. The van der Waals surface area contributed by atoms with E-state index in [2.05, 4.69) is 66.6 Å². The van der Waals surface area contributed by atoms with Crippen molar-refractivity contribution >= 4 is 10.8 Å². The Morgan fingerprint density at radius 1 is 0.968 bits per heavy atom. The summed E-state index contributed by atoms with van der Waals surface area (Å²) in [7, 11) is 2.19. The molecule has 4 nitrogen and oxygen atoms in total. The minimum absolute atomic E-state index is 0.160. The maximum absolute atomic E-state index is 10.4. The Bertz CT molecular complexity index is 1120. The van der Waals surface area contributed by atoms with Gasteiger partial charge in [-0.3, -0.25) is 0 Å². The van der Waals surface area contributed by atoms with Crippen molar-refractivity contribution < 1.29 is 14.9 Å². The average molecular weight is 414 g/mol. The number of likely N-dealkylation sites (tertiary alicyclic amines) is 1. The van der Waals surface area contributed by atoms with Crippen LogP contribution in [0.4, 0.5) is 0 Å². The molecular weight excluding hydrogens is 386 g/mol. The van der Waals surface area contributed by atoms with E-state index in [9.17, 15) is 10.2 Å². The van der Waals surface area contributed by atoms with E-state index in [0.29, 0.717) is 17.7 Å². The van der Waals surface area contributed by atoms with E-state index in [1.807, 2.05) is 12.1 Å². The van der Waals surface area contributed by atoms with Crippen LogP contribution in [0.3, 0.4) is 0 Å². The van der Waals surface area contributed by atoms with Crippen molar-refractivity contribution in [3.63, 3.8) is 0 Å². The molecule has 0 aromatic heterocycles. The van der Waals surface area contributed by atoms with E-state index in [4.69, 9.17) is 4.74 Å². The van der Waals surface area contributed by atoms with Gasteiger partial charge in [0.2, 0.25) is 0 Å². The number of likely N-dealkylation sites (N-methyl/N-ethyl adjacent to an activating group) is 1. The third-order valence-corrected chi connectivity index (χ3v) is 7.81. The second-order valence-electron chi connectivity index (χ2n) is 9.28. The minimum atomic E-state index is -0.594. The first-order chi connectivity index (χ1) is 15.1. The molecule has 0 amide bonds. The summed E-state index contributed by atoms with van der Waals surface area (Å²) in [5, 5.41) is 23.3. The number of fused-ring (bicyclic) bond motifs is 1. The number of phenols is 1. The lowest BCUT2D eigenvalue weighted by molar-refractivity contribution is -0.0453. The molecule has 1 spiro atoms. The highest BCUT2D eigenvalue weighted by Crippen LogP contribution is 2.62. The fourth-order valence-electron chi connectivity index (χ4n) is 6.37. The molecular formula is C27H27NO3. The highest BCUT2D eigenvalue weighted by molar-refractivity contribution is 5.82. The number of ether oxygens (including phenoxy) is 1. The summed E-state index contributed by atoms with van der Waals surface area (Å²) in [6.45, 7) is 1.01. The van der Waals surface area contributed by atoms with Crippen molar-refractivity contribution in [1.29, 1.82) is 0 Å². The molecule has 1 fully saturated rings. The van der Waals surface area contributed by atoms with Crippen LogP contribution < -0.4 is 4.74 Å². The molecule has 158 valence electrons. The van der Waals surface area contributed by atoms with Crippen LogP contribution in [0.25, 0.3) is 10.8 Å². The second-order valence-corrected chi connectivity index (χ2v) is 9.28. The number of piperidine rings is 1. The van der Waals surface area contributed by atoms with Gasteiger partial charge in [-0.15, -0.1) is 0 Å². The summed E-state index contributed by atoms with van der Waals surface area (Å²) >= 11 is 0. The monoisotopic (exact) mass is 413 g/mol. The van der Waals surface area contributed by atoms with Gasteiger partial charge in [0.05, 0.1) is 0 Å². The predicted molar refractivity (Wildman–Crippen MR) is 122 cm³/mol.